The lowest BCUT2D eigenvalue weighted by atomic mass is 9.80. The van der Waals surface area contributed by atoms with Gasteiger partial charge in [0.2, 0.25) is 12.2 Å². The number of aldehydes is 1. The fourth-order valence-electron chi connectivity index (χ4n) is 4.00. The lowest BCUT2D eigenvalue weighted by Gasteiger charge is -2.28. The van der Waals surface area contributed by atoms with E-state index in [1.807, 2.05) is 55.4 Å². The Hall–Kier alpha value is -3.02. The summed E-state index contributed by atoms with van der Waals surface area (Å²) in [6.07, 6.45) is 6.85. The van der Waals surface area contributed by atoms with Crippen molar-refractivity contribution in [3.8, 4) is 0 Å². The van der Waals surface area contributed by atoms with E-state index in [4.69, 9.17) is 10.5 Å². The van der Waals surface area contributed by atoms with Crippen LogP contribution in [0.5, 0.6) is 0 Å². The summed E-state index contributed by atoms with van der Waals surface area (Å²) in [7, 11) is 2.20. The van der Waals surface area contributed by atoms with Gasteiger partial charge < -0.3 is 36.1 Å². The summed E-state index contributed by atoms with van der Waals surface area (Å²) >= 11 is 0. The van der Waals surface area contributed by atoms with Gasteiger partial charge in [-0.1, -0.05) is 102 Å². The monoisotopic (exact) mass is 702 g/mol. The molecule has 2 rings (SSSR count). The summed E-state index contributed by atoms with van der Waals surface area (Å²) in [5.41, 5.74) is 4.48. The zero-order valence-electron chi connectivity index (χ0n) is 33.7. The molecule has 2 fully saturated rings. The van der Waals surface area contributed by atoms with Gasteiger partial charge in [0.1, 0.15) is 12.8 Å². The second kappa shape index (κ2) is 31.0. The molecule has 0 spiro atoms. The Kier molecular flexibility index (Phi) is 33.4. The number of nitrogens with two attached hydrogens (primary N) is 1. The number of hydrogen-bond donors (Lipinski definition) is 4. The number of nitrogens with one attached hydrogen (secondary N) is 3. The molecule has 0 aromatic heterocycles. The van der Waals surface area contributed by atoms with E-state index < -0.39 is 35.8 Å². The van der Waals surface area contributed by atoms with Crippen LogP contribution in [0.15, 0.2) is 0 Å². The van der Waals surface area contributed by atoms with Gasteiger partial charge in [0, 0.05) is 6.04 Å². The van der Waals surface area contributed by atoms with Crippen molar-refractivity contribution >= 4 is 36.4 Å². The number of hydrogen-bond acceptors (Lipinski definition) is 8. The molecule has 1 aliphatic carbocycles. The largest absolute Gasteiger partial charge is 0.461 e. The van der Waals surface area contributed by atoms with E-state index in [9.17, 15) is 28.8 Å². The van der Waals surface area contributed by atoms with Crippen LogP contribution in [-0.4, -0.2) is 85.7 Å². The summed E-state index contributed by atoms with van der Waals surface area (Å²) in [5.74, 6) is 0.00587. The molecule has 0 bridgehead atoms. The van der Waals surface area contributed by atoms with Gasteiger partial charge in [-0.15, -0.1) is 0 Å². The second-order valence-corrected chi connectivity index (χ2v) is 13.8. The van der Waals surface area contributed by atoms with E-state index in [2.05, 4.69) is 62.5 Å². The Morgan fingerprint density at radius 2 is 1.47 bits per heavy atom. The second-order valence-electron chi connectivity index (χ2n) is 13.8. The molecule has 0 radical (unpaired) electrons. The van der Waals surface area contributed by atoms with Gasteiger partial charge in [0.25, 0.3) is 5.91 Å². The molecule has 1 saturated heterocycles. The van der Waals surface area contributed by atoms with Gasteiger partial charge in [0.15, 0.2) is 0 Å². The molecule has 0 aromatic rings. The molecule has 0 aromatic carbocycles. The number of likely N-dealkylation sites (tertiary alicyclic amines) is 1. The molecule has 1 heterocycles. The predicted octanol–water partition coefficient (Wildman–Crippen LogP) is 5.65. The Labute approximate surface area is 299 Å². The van der Waals surface area contributed by atoms with E-state index in [0.29, 0.717) is 25.0 Å². The van der Waals surface area contributed by atoms with Crippen LogP contribution in [0.2, 0.25) is 0 Å². The molecule has 1 aliphatic heterocycles. The van der Waals surface area contributed by atoms with Crippen molar-refractivity contribution in [2.45, 2.75) is 160 Å². The lowest BCUT2D eigenvalue weighted by Crippen LogP contribution is -2.50. The highest BCUT2D eigenvalue weighted by Crippen LogP contribution is 2.30. The summed E-state index contributed by atoms with van der Waals surface area (Å²) < 4.78 is 5.00. The number of carbonyl (C=O) groups excluding carboxylic acids is 6. The smallest absolute Gasteiger partial charge is 0.325 e. The fraction of sp³-hybridized carbons (Fsp3) is 0.838. The zero-order valence-corrected chi connectivity index (χ0v) is 33.7. The summed E-state index contributed by atoms with van der Waals surface area (Å²) in [6, 6.07) is -1.09. The molecule has 5 N–H and O–H groups in total. The van der Waals surface area contributed by atoms with Gasteiger partial charge >= 0.3 is 12.0 Å². The molecule has 5 atom stereocenters. The summed E-state index contributed by atoms with van der Waals surface area (Å²) in [5, 5.41) is 7.20. The van der Waals surface area contributed by atoms with Gasteiger partial charge in [-0.2, -0.15) is 0 Å². The highest BCUT2D eigenvalue weighted by atomic mass is 16.5. The third kappa shape index (κ3) is 28.5. The Bertz CT molecular complexity index is 891. The fourth-order valence-corrected chi connectivity index (χ4v) is 4.00. The van der Waals surface area contributed by atoms with Crippen LogP contribution in [0.25, 0.3) is 0 Å². The average Bonchev–Trinajstić information content (AvgIpc) is 3.31. The standard InChI is InChI=1S/C13H24N2O4.C9H14N2O3.C7H15N.C4H10.2C2H6/c1-6-9(2)19-11(17)7-14-12(18)15-10(8-16)13(3,4)5;10-9(14)8(13)7(11-5-12)4-6-2-1-3-6;1-6-4-5-8(3)7(6)2;1-4(2)3;2*1-2/h8-10H,6-7H2,1-5H3,(H2,14,15,18);5-7H,1-4H2,(H2,10,14)(H,11,12);6-7H,4-5H2,1-3H3;4H,1-3H3;2*1-2H3/t;;6-,7+;;;/m..0.../s1. The van der Waals surface area contributed by atoms with Crippen molar-refractivity contribution in [2.75, 3.05) is 20.1 Å². The third-order valence-electron chi connectivity index (χ3n) is 7.73. The Morgan fingerprint density at radius 1 is 0.959 bits per heavy atom. The molecule has 1 saturated carbocycles. The minimum atomic E-state index is -0.983. The topological polar surface area (TPSA) is 177 Å². The molecule has 3 unspecified atom stereocenters. The number of ketones is 1. The summed E-state index contributed by atoms with van der Waals surface area (Å²) in [4.78, 5) is 68.2. The van der Waals surface area contributed by atoms with E-state index in [1.54, 1.807) is 6.92 Å². The van der Waals surface area contributed by atoms with Crippen LogP contribution in [0, 0.1) is 23.2 Å². The molecular formula is C37H75N5O7. The number of rotatable bonds is 12. The van der Waals surface area contributed by atoms with Crippen molar-refractivity contribution in [3.63, 3.8) is 0 Å². The van der Waals surface area contributed by atoms with Gasteiger partial charge in [0.05, 0.1) is 18.2 Å². The van der Waals surface area contributed by atoms with Crippen LogP contribution in [0.1, 0.15) is 135 Å². The molecule has 12 nitrogen and oxygen atoms in total. The Morgan fingerprint density at radius 3 is 1.76 bits per heavy atom. The SMILES string of the molecule is CC.CC.CC(C)C.CCC(C)OC(=O)CNC(=O)NC(C=O)C(C)(C)C.C[C@@H]1[C@@H](C)CCN1C.NC(=O)C(=O)C(CC1CCC1)NC=O. The number of carbonyl (C=O) groups is 6. The molecule has 49 heavy (non-hydrogen) atoms. The van der Waals surface area contributed by atoms with E-state index >= 15 is 0 Å². The molecule has 290 valence electrons. The zero-order chi connectivity index (χ0) is 39.3. The van der Waals surface area contributed by atoms with Crippen LogP contribution < -0.4 is 21.7 Å². The van der Waals surface area contributed by atoms with E-state index in [0.717, 1.165) is 43.6 Å². The number of amides is 4. The van der Waals surface area contributed by atoms with Gasteiger partial charge in [-0.05, 0) is 69.9 Å². The molecule has 4 amide bonds. The first-order chi connectivity index (χ1) is 22.8. The highest BCUT2D eigenvalue weighted by molar-refractivity contribution is 6.37. The lowest BCUT2D eigenvalue weighted by molar-refractivity contribution is -0.147. The van der Waals surface area contributed by atoms with Crippen molar-refractivity contribution in [1.82, 2.24) is 20.9 Å². The van der Waals surface area contributed by atoms with Gasteiger partial charge in [-0.3, -0.25) is 19.2 Å². The quantitative estimate of drug-likeness (QED) is 0.115. The number of primary amides is 1. The first kappa shape index (κ1) is 52.8. The number of nitrogens with zero attached hydrogens (tertiary/aromatic N) is 1. The normalized spacial score (nSPS) is 18.3. The van der Waals surface area contributed by atoms with Crippen molar-refractivity contribution in [1.29, 1.82) is 0 Å². The number of ether oxygens (including phenoxy) is 1. The molecule has 2 aliphatic rings. The maximum atomic E-state index is 11.5. The highest BCUT2D eigenvalue weighted by Gasteiger charge is 2.29. The maximum absolute atomic E-state index is 11.5. The van der Waals surface area contributed by atoms with Crippen molar-refractivity contribution < 1.29 is 33.5 Å². The van der Waals surface area contributed by atoms with Crippen LogP contribution in [0.3, 0.4) is 0 Å². The molecule has 12 heteroatoms. The molecular weight excluding hydrogens is 626 g/mol. The van der Waals surface area contributed by atoms with Crippen LogP contribution in [0.4, 0.5) is 4.79 Å². The number of urea groups is 1. The van der Waals surface area contributed by atoms with Crippen LogP contribution >= 0.6 is 0 Å². The summed E-state index contributed by atoms with van der Waals surface area (Å²) in [6.45, 7) is 29.4. The third-order valence-corrected chi connectivity index (χ3v) is 7.73. The van der Waals surface area contributed by atoms with Crippen molar-refractivity contribution in [2.24, 2.45) is 28.9 Å². The first-order valence-electron chi connectivity index (χ1n) is 18.2. The average molecular weight is 702 g/mol. The predicted molar refractivity (Wildman–Crippen MR) is 200 cm³/mol. The maximum Gasteiger partial charge on any atom is 0.325 e. The number of esters is 1. The van der Waals surface area contributed by atoms with E-state index in [-0.39, 0.29) is 18.1 Å². The van der Waals surface area contributed by atoms with Crippen molar-refractivity contribution in [3.05, 3.63) is 0 Å². The minimum Gasteiger partial charge on any atom is -0.461 e. The minimum absolute atomic E-state index is 0.172. The Balaban J connectivity index is -0.000000293. The van der Waals surface area contributed by atoms with E-state index in [1.165, 1.54) is 13.0 Å². The van der Waals surface area contributed by atoms with Gasteiger partial charge in [-0.25, -0.2) is 4.79 Å². The first-order valence-corrected chi connectivity index (χ1v) is 18.2. The number of Topliss-reactive ketones (excluding diaryl/α,β-unsaturated/α-hetero) is 1. The van der Waals surface area contributed by atoms with Crippen LogP contribution in [-0.2, 0) is 28.7 Å².